The summed E-state index contributed by atoms with van der Waals surface area (Å²) in [5.41, 5.74) is 0.581. The molecule has 5 nitrogen and oxygen atoms in total. The van der Waals surface area contributed by atoms with Crippen molar-refractivity contribution in [2.45, 2.75) is 27.2 Å². The van der Waals surface area contributed by atoms with E-state index in [0.29, 0.717) is 12.1 Å². The monoisotopic (exact) mass is 278 g/mol. The van der Waals surface area contributed by atoms with Crippen LogP contribution in [0.5, 0.6) is 5.75 Å². The van der Waals surface area contributed by atoms with Crippen LogP contribution in [0.2, 0.25) is 0 Å². The Morgan fingerprint density at radius 1 is 1.10 bits per heavy atom. The molecule has 1 aromatic carbocycles. The Hall–Kier alpha value is -2.04. The molecule has 0 spiro atoms. The molecule has 0 atom stereocenters. The largest absolute Gasteiger partial charge is 0.497 e. The number of rotatable bonds is 5. The van der Waals surface area contributed by atoms with E-state index < -0.39 is 0 Å². The minimum Gasteiger partial charge on any atom is -0.497 e. The first-order valence-corrected chi connectivity index (χ1v) is 6.51. The fourth-order valence-corrected chi connectivity index (χ4v) is 1.60. The van der Waals surface area contributed by atoms with Crippen molar-refractivity contribution in [1.29, 1.82) is 0 Å². The second-order valence-electron chi connectivity index (χ2n) is 5.79. The van der Waals surface area contributed by atoms with Gasteiger partial charge in [-0.1, -0.05) is 20.8 Å². The van der Waals surface area contributed by atoms with Crippen molar-refractivity contribution in [2.75, 3.05) is 19.0 Å². The normalized spacial score (nSPS) is 10.8. The Morgan fingerprint density at radius 2 is 1.70 bits per heavy atom. The molecule has 0 aromatic heterocycles. The molecule has 1 rings (SSSR count). The summed E-state index contributed by atoms with van der Waals surface area (Å²) in [6.45, 7) is 5.90. The summed E-state index contributed by atoms with van der Waals surface area (Å²) < 4.78 is 5.03. The molecule has 0 saturated heterocycles. The molecule has 0 saturated carbocycles. The van der Waals surface area contributed by atoms with Crippen LogP contribution in [0.25, 0.3) is 0 Å². The lowest BCUT2D eigenvalue weighted by atomic mass is 9.92. The van der Waals surface area contributed by atoms with E-state index in [1.165, 1.54) is 0 Å². The molecule has 0 radical (unpaired) electrons. The van der Waals surface area contributed by atoms with Crippen LogP contribution < -0.4 is 15.4 Å². The summed E-state index contributed by atoms with van der Waals surface area (Å²) in [7, 11) is 1.58. The lowest BCUT2D eigenvalue weighted by Crippen LogP contribution is -2.34. The van der Waals surface area contributed by atoms with Gasteiger partial charge in [0.15, 0.2) is 0 Å². The molecule has 0 bridgehead atoms. The van der Waals surface area contributed by atoms with Gasteiger partial charge < -0.3 is 15.4 Å². The highest BCUT2D eigenvalue weighted by atomic mass is 16.5. The van der Waals surface area contributed by atoms with E-state index in [1.54, 1.807) is 31.4 Å². The zero-order valence-electron chi connectivity index (χ0n) is 12.4. The number of ether oxygens (including phenoxy) is 1. The number of anilines is 1. The van der Waals surface area contributed by atoms with E-state index in [1.807, 2.05) is 20.8 Å². The number of methoxy groups -OCH3 is 1. The van der Waals surface area contributed by atoms with Crippen LogP contribution in [-0.2, 0) is 9.59 Å². The Bertz CT molecular complexity index is 461. The third-order valence-electron chi connectivity index (χ3n) is 2.51. The van der Waals surface area contributed by atoms with Gasteiger partial charge in [0, 0.05) is 12.1 Å². The van der Waals surface area contributed by atoms with Gasteiger partial charge in [0.1, 0.15) is 5.75 Å². The minimum atomic E-state index is -0.252. The van der Waals surface area contributed by atoms with Crippen molar-refractivity contribution in [3.05, 3.63) is 24.3 Å². The molecule has 0 fully saturated rings. The molecule has 0 unspecified atom stereocenters. The number of hydrogen-bond donors (Lipinski definition) is 2. The zero-order chi connectivity index (χ0) is 15.2. The maximum absolute atomic E-state index is 11.7. The number of amides is 2. The molecular weight excluding hydrogens is 256 g/mol. The molecule has 110 valence electrons. The van der Waals surface area contributed by atoms with E-state index in [0.717, 1.165) is 5.75 Å². The third-order valence-corrected chi connectivity index (χ3v) is 2.51. The van der Waals surface area contributed by atoms with Gasteiger partial charge in [0.05, 0.1) is 13.7 Å². The van der Waals surface area contributed by atoms with E-state index in [9.17, 15) is 9.59 Å². The maximum atomic E-state index is 11.7. The van der Waals surface area contributed by atoms with Gasteiger partial charge in [0.25, 0.3) is 0 Å². The first kappa shape index (κ1) is 16.0. The molecule has 0 heterocycles. The quantitative estimate of drug-likeness (QED) is 0.867. The highest BCUT2D eigenvalue weighted by molar-refractivity contribution is 5.94. The van der Waals surface area contributed by atoms with Gasteiger partial charge in [-0.25, -0.2) is 0 Å². The van der Waals surface area contributed by atoms with Crippen LogP contribution in [0.4, 0.5) is 5.69 Å². The van der Waals surface area contributed by atoms with Crippen LogP contribution in [0.15, 0.2) is 24.3 Å². The average Bonchev–Trinajstić information content (AvgIpc) is 2.35. The van der Waals surface area contributed by atoms with Gasteiger partial charge in [-0.05, 0) is 29.7 Å². The molecular formula is C15H22N2O3. The molecule has 2 amide bonds. The van der Waals surface area contributed by atoms with E-state index in [4.69, 9.17) is 4.74 Å². The van der Waals surface area contributed by atoms with Crippen molar-refractivity contribution < 1.29 is 14.3 Å². The topological polar surface area (TPSA) is 67.4 Å². The summed E-state index contributed by atoms with van der Waals surface area (Å²) in [4.78, 5) is 23.3. The smallest absolute Gasteiger partial charge is 0.243 e. The number of carbonyl (C=O) groups excluding carboxylic acids is 2. The number of carbonyl (C=O) groups is 2. The molecule has 5 heteroatoms. The van der Waals surface area contributed by atoms with E-state index >= 15 is 0 Å². The minimum absolute atomic E-state index is 0.0268. The number of benzene rings is 1. The average molecular weight is 278 g/mol. The summed E-state index contributed by atoms with van der Waals surface area (Å²) in [6.07, 6.45) is 0.392. The molecule has 0 aliphatic rings. The predicted octanol–water partition coefficient (Wildman–Crippen LogP) is 2.19. The lowest BCUT2D eigenvalue weighted by molar-refractivity contribution is -0.125. The third kappa shape index (κ3) is 6.22. The van der Waals surface area contributed by atoms with Crippen molar-refractivity contribution >= 4 is 17.5 Å². The van der Waals surface area contributed by atoms with E-state index in [2.05, 4.69) is 10.6 Å². The van der Waals surface area contributed by atoms with Gasteiger partial charge in [0.2, 0.25) is 11.8 Å². The van der Waals surface area contributed by atoms with Gasteiger partial charge >= 0.3 is 0 Å². The van der Waals surface area contributed by atoms with Crippen LogP contribution in [0, 0.1) is 5.41 Å². The van der Waals surface area contributed by atoms with Gasteiger partial charge in [-0.3, -0.25) is 9.59 Å². The Morgan fingerprint density at radius 3 is 2.20 bits per heavy atom. The number of hydrogen-bond acceptors (Lipinski definition) is 3. The van der Waals surface area contributed by atoms with Crippen LogP contribution in [0.1, 0.15) is 27.2 Å². The van der Waals surface area contributed by atoms with Crippen molar-refractivity contribution in [3.8, 4) is 5.75 Å². The molecule has 1 aromatic rings. The summed E-state index contributed by atoms with van der Waals surface area (Å²) in [5, 5.41) is 5.31. The predicted molar refractivity (Wildman–Crippen MR) is 78.7 cm³/mol. The lowest BCUT2D eigenvalue weighted by Gasteiger charge is -2.17. The Balaban J connectivity index is 2.38. The SMILES string of the molecule is COc1ccc(NC(=O)CNC(=O)CC(C)(C)C)cc1. The zero-order valence-corrected chi connectivity index (χ0v) is 12.4. The highest BCUT2D eigenvalue weighted by Gasteiger charge is 2.16. The second kappa shape index (κ2) is 6.93. The Kier molecular flexibility index (Phi) is 5.55. The Labute approximate surface area is 119 Å². The van der Waals surface area contributed by atoms with Crippen LogP contribution in [-0.4, -0.2) is 25.5 Å². The first-order chi connectivity index (χ1) is 9.30. The molecule has 2 N–H and O–H groups in total. The van der Waals surface area contributed by atoms with Crippen molar-refractivity contribution in [2.24, 2.45) is 5.41 Å². The van der Waals surface area contributed by atoms with Crippen molar-refractivity contribution in [1.82, 2.24) is 5.32 Å². The molecule has 20 heavy (non-hydrogen) atoms. The highest BCUT2D eigenvalue weighted by Crippen LogP contribution is 2.17. The van der Waals surface area contributed by atoms with Crippen molar-refractivity contribution in [3.63, 3.8) is 0 Å². The van der Waals surface area contributed by atoms with E-state index in [-0.39, 0.29) is 23.8 Å². The van der Waals surface area contributed by atoms with Gasteiger partial charge in [-0.15, -0.1) is 0 Å². The summed E-state index contributed by atoms with van der Waals surface area (Å²) in [6, 6.07) is 7.00. The first-order valence-electron chi connectivity index (χ1n) is 6.51. The number of nitrogens with one attached hydrogen (secondary N) is 2. The van der Waals surface area contributed by atoms with Crippen LogP contribution >= 0.6 is 0 Å². The van der Waals surface area contributed by atoms with Crippen LogP contribution in [0.3, 0.4) is 0 Å². The summed E-state index contributed by atoms with van der Waals surface area (Å²) in [5.74, 6) is 0.348. The standard InChI is InChI=1S/C15H22N2O3/c1-15(2,3)9-13(18)16-10-14(19)17-11-5-7-12(20-4)8-6-11/h5-8H,9-10H2,1-4H3,(H,16,18)(H,17,19). The summed E-state index contributed by atoms with van der Waals surface area (Å²) >= 11 is 0. The maximum Gasteiger partial charge on any atom is 0.243 e. The van der Waals surface area contributed by atoms with Gasteiger partial charge in [-0.2, -0.15) is 0 Å². The second-order valence-corrected chi connectivity index (χ2v) is 5.79. The fourth-order valence-electron chi connectivity index (χ4n) is 1.60. The fraction of sp³-hybridized carbons (Fsp3) is 0.467. The molecule has 0 aliphatic carbocycles. The molecule has 0 aliphatic heterocycles.